The van der Waals surface area contributed by atoms with Gasteiger partial charge in [0, 0.05) is 10.9 Å². The molecule has 2 aromatic heterocycles. The molecular formula is C18H13FN4. The van der Waals surface area contributed by atoms with E-state index in [1.54, 1.807) is 17.1 Å². The Hall–Kier alpha value is -3.08. The van der Waals surface area contributed by atoms with Gasteiger partial charge in [0.1, 0.15) is 18.5 Å². The first kappa shape index (κ1) is 13.6. The second kappa shape index (κ2) is 5.28. The molecule has 2 heterocycles. The molecule has 4 nitrogen and oxygen atoms in total. The third-order valence-electron chi connectivity index (χ3n) is 3.80. The van der Waals surface area contributed by atoms with Gasteiger partial charge < -0.3 is 0 Å². The Balaban J connectivity index is 1.91. The Morgan fingerprint density at radius 2 is 1.96 bits per heavy atom. The van der Waals surface area contributed by atoms with E-state index in [0.717, 1.165) is 33.4 Å². The summed E-state index contributed by atoms with van der Waals surface area (Å²) in [6.45, 7) is 2.03. The molecule has 0 aliphatic rings. The molecule has 0 bridgehead atoms. The van der Waals surface area contributed by atoms with E-state index < -0.39 is 0 Å². The standard InChI is InChI=1S/C18H13FN4/c1-12-7-17(13-3-2-4-14(19)8-13)22-18-9-15(5-6-16(12)18)23-11-20-10-21-23/h2-11H,1H3. The molecular weight excluding hydrogens is 291 g/mol. The first-order valence-electron chi connectivity index (χ1n) is 7.23. The van der Waals surface area contributed by atoms with Gasteiger partial charge in [-0.3, -0.25) is 0 Å². The third-order valence-corrected chi connectivity index (χ3v) is 3.80. The summed E-state index contributed by atoms with van der Waals surface area (Å²) in [5.41, 5.74) is 4.35. The van der Waals surface area contributed by atoms with E-state index in [-0.39, 0.29) is 5.82 Å². The second-order valence-corrected chi connectivity index (χ2v) is 5.38. The summed E-state index contributed by atoms with van der Waals surface area (Å²) >= 11 is 0. The summed E-state index contributed by atoms with van der Waals surface area (Å²) in [7, 11) is 0. The quantitative estimate of drug-likeness (QED) is 0.563. The van der Waals surface area contributed by atoms with Crippen molar-refractivity contribution in [3.8, 4) is 16.9 Å². The maximum atomic E-state index is 13.5. The lowest BCUT2D eigenvalue weighted by molar-refractivity contribution is 0.628. The van der Waals surface area contributed by atoms with Crippen LogP contribution in [-0.4, -0.2) is 19.7 Å². The molecule has 0 saturated carbocycles. The van der Waals surface area contributed by atoms with Gasteiger partial charge in [-0.2, -0.15) is 5.10 Å². The number of pyridine rings is 1. The summed E-state index contributed by atoms with van der Waals surface area (Å²) in [6, 6.07) is 14.4. The number of fused-ring (bicyclic) bond motifs is 1. The van der Waals surface area contributed by atoms with Crippen LogP contribution in [-0.2, 0) is 0 Å². The van der Waals surface area contributed by atoms with Crippen molar-refractivity contribution in [2.75, 3.05) is 0 Å². The van der Waals surface area contributed by atoms with Crippen LogP contribution < -0.4 is 0 Å². The summed E-state index contributed by atoms with van der Waals surface area (Å²) < 4.78 is 15.2. The molecule has 5 heteroatoms. The average Bonchev–Trinajstić information content (AvgIpc) is 3.09. The van der Waals surface area contributed by atoms with Gasteiger partial charge in [0.15, 0.2) is 0 Å². The number of hydrogen-bond donors (Lipinski definition) is 0. The van der Waals surface area contributed by atoms with E-state index in [2.05, 4.69) is 15.1 Å². The topological polar surface area (TPSA) is 43.6 Å². The SMILES string of the molecule is Cc1cc(-c2cccc(F)c2)nc2cc(-n3cncn3)ccc12. The van der Waals surface area contributed by atoms with Gasteiger partial charge in [-0.05, 0) is 42.8 Å². The van der Waals surface area contributed by atoms with Gasteiger partial charge in [-0.25, -0.2) is 19.0 Å². The van der Waals surface area contributed by atoms with Crippen molar-refractivity contribution in [2.24, 2.45) is 0 Å². The molecule has 4 aromatic rings. The van der Waals surface area contributed by atoms with Gasteiger partial charge in [0.2, 0.25) is 0 Å². The summed E-state index contributed by atoms with van der Waals surface area (Å²) in [5.74, 6) is -0.265. The highest BCUT2D eigenvalue weighted by Crippen LogP contribution is 2.26. The van der Waals surface area contributed by atoms with Crippen LogP contribution in [0.15, 0.2) is 61.2 Å². The van der Waals surface area contributed by atoms with Crippen molar-refractivity contribution >= 4 is 10.9 Å². The fraction of sp³-hybridized carbons (Fsp3) is 0.0556. The highest BCUT2D eigenvalue weighted by atomic mass is 19.1. The molecule has 0 saturated heterocycles. The van der Waals surface area contributed by atoms with Crippen LogP contribution in [0.2, 0.25) is 0 Å². The Morgan fingerprint density at radius 3 is 2.74 bits per heavy atom. The highest BCUT2D eigenvalue weighted by molar-refractivity contribution is 5.86. The van der Waals surface area contributed by atoms with Gasteiger partial charge in [-0.1, -0.05) is 18.2 Å². The zero-order valence-corrected chi connectivity index (χ0v) is 12.4. The zero-order valence-electron chi connectivity index (χ0n) is 12.4. The van der Waals surface area contributed by atoms with Crippen LogP contribution in [0.3, 0.4) is 0 Å². The molecule has 23 heavy (non-hydrogen) atoms. The molecule has 0 unspecified atom stereocenters. The lowest BCUT2D eigenvalue weighted by Crippen LogP contribution is -1.96. The number of aryl methyl sites for hydroxylation is 1. The molecule has 0 N–H and O–H groups in total. The highest BCUT2D eigenvalue weighted by Gasteiger charge is 2.07. The fourth-order valence-electron chi connectivity index (χ4n) is 2.67. The van der Waals surface area contributed by atoms with Crippen LogP contribution >= 0.6 is 0 Å². The first-order valence-corrected chi connectivity index (χ1v) is 7.23. The monoisotopic (exact) mass is 304 g/mol. The van der Waals surface area contributed by atoms with E-state index in [9.17, 15) is 4.39 Å². The van der Waals surface area contributed by atoms with Crippen LogP contribution in [0.25, 0.3) is 27.8 Å². The Morgan fingerprint density at radius 1 is 1.04 bits per heavy atom. The first-order chi connectivity index (χ1) is 11.2. The number of benzene rings is 2. The molecule has 0 fully saturated rings. The lowest BCUT2D eigenvalue weighted by Gasteiger charge is -2.09. The van der Waals surface area contributed by atoms with Gasteiger partial charge in [0.05, 0.1) is 16.9 Å². The minimum atomic E-state index is -0.265. The number of hydrogen-bond acceptors (Lipinski definition) is 3. The zero-order chi connectivity index (χ0) is 15.8. The lowest BCUT2D eigenvalue weighted by atomic mass is 10.0. The van der Waals surface area contributed by atoms with Crippen LogP contribution in [0.4, 0.5) is 4.39 Å². The van der Waals surface area contributed by atoms with Crippen molar-refractivity contribution in [1.29, 1.82) is 0 Å². The fourth-order valence-corrected chi connectivity index (χ4v) is 2.67. The molecule has 0 spiro atoms. The van der Waals surface area contributed by atoms with Crippen LogP contribution in [0.1, 0.15) is 5.56 Å². The molecule has 2 aromatic carbocycles. The van der Waals surface area contributed by atoms with Gasteiger partial charge in [-0.15, -0.1) is 0 Å². The van der Waals surface area contributed by atoms with Gasteiger partial charge >= 0.3 is 0 Å². The predicted molar refractivity (Wildman–Crippen MR) is 86.8 cm³/mol. The van der Waals surface area contributed by atoms with Crippen molar-refractivity contribution in [3.63, 3.8) is 0 Å². The Bertz CT molecular complexity index is 993. The van der Waals surface area contributed by atoms with Gasteiger partial charge in [0.25, 0.3) is 0 Å². The smallest absolute Gasteiger partial charge is 0.138 e. The number of nitrogens with zero attached hydrogens (tertiary/aromatic N) is 4. The number of rotatable bonds is 2. The second-order valence-electron chi connectivity index (χ2n) is 5.38. The predicted octanol–water partition coefficient (Wildman–Crippen LogP) is 3.93. The Labute approximate surface area is 132 Å². The van der Waals surface area contributed by atoms with Crippen molar-refractivity contribution in [1.82, 2.24) is 19.7 Å². The molecule has 0 radical (unpaired) electrons. The summed E-state index contributed by atoms with van der Waals surface area (Å²) in [4.78, 5) is 8.65. The minimum Gasteiger partial charge on any atom is -0.248 e. The van der Waals surface area contributed by atoms with Crippen LogP contribution in [0.5, 0.6) is 0 Å². The van der Waals surface area contributed by atoms with E-state index in [1.807, 2.05) is 37.3 Å². The summed E-state index contributed by atoms with van der Waals surface area (Å²) in [5, 5.41) is 5.20. The average molecular weight is 304 g/mol. The van der Waals surface area contributed by atoms with E-state index in [4.69, 9.17) is 0 Å². The molecule has 0 amide bonds. The van der Waals surface area contributed by atoms with Crippen molar-refractivity contribution < 1.29 is 4.39 Å². The summed E-state index contributed by atoms with van der Waals surface area (Å²) in [6.07, 6.45) is 3.14. The normalized spacial score (nSPS) is 11.0. The molecule has 0 aliphatic heterocycles. The molecule has 4 rings (SSSR count). The van der Waals surface area contributed by atoms with Crippen LogP contribution in [0, 0.1) is 12.7 Å². The molecule has 112 valence electrons. The van der Waals surface area contributed by atoms with E-state index in [0.29, 0.717) is 0 Å². The maximum absolute atomic E-state index is 13.5. The third kappa shape index (κ3) is 2.46. The molecule has 0 aliphatic carbocycles. The Kier molecular flexibility index (Phi) is 3.12. The van der Waals surface area contributed by atoms with Crippen molar-refractivity contribution in [2.45, 2.75) is 6.92 Å². The largest absolute Gasteiger partial charge is 0.248 e. The minimum absolute atomic E-state index is 0.265. The number of halogens is 1. The number of aromatic nitrogens is 4. The maximum Gasteiger partial charge on any atom is 0.138 e. The van der Waals surface area contributed by atoms with E-state index in [1.165, 1.54) is 18.5 Å². The molecule has 0 atom stereocenters. The van der Waals surface area contributed by atoms with E-state index >= 15 is 0 Å². The van der Waals surface area contributed by atoms with Crippen molar-refractivity contribution in [3.05, 3.63) is 72.6 Å².